The molecule has 0 amide bonds. The van der Waals surface area contributed by atoms with Crippen molar-refractivity contribution in [2.75, 3.05) is 0 Å². The van der Waals surface area contributed by atoms with E-state index < -0.39 is 0 Å². The molecule has 3 aromatic heterocycles. The van der Waals surface area contributed by atoms with Crippen molar-refractivity contribution in [3.8, 4) is 56.4 Å². The van der Waals surface area contributed by atoms with E-state index in [1.807, 2.05) is 12.1 Å². The van der Waals surface area contributed by atoms with Crippen LogP contribution in [0.25, 0.3) is 100 Å². The lowest BCUT2D eigenvalue weighted by Crippen LogP contribution is -2.00. The first kappa shape index (κ1) is 31.9. The third kappa shape index (κ3) is 5.15. The molecule has 0 aliphatic carbocycles. The average molecular weight is 715 g/mol. The number of hydrogen-bond acceptors (Lipinski definition) is 2. The monoisotopic (exact) mass is 714 g/mol. The van der Waals surface area contributed by atoms with Crippen molar-refractivity contribution in [2.45, 2.75) is 0 Å². The molecule has 3 heterocycles. The maximum absolute atomic E-state index is 5.23. The van der Waals surface area contributed by atoms with Gasteiger partial charge in [-0.1, -0.05) is 158 Å². The number of aromatic nitrogens is 4. The van der Waals surface area contributed by atoms with E-state index in [1.165, 1.54) is 32.6 Å². The number of benzene rings is 8. The van der Waals surface area contributed by atoms with Crippen molar-refractivity contribution in [1.29, 1.82) is 0 Å². The van der Waals surface area contributed by atoms with Gasteiger partial charge in [-0.3, -0.25) is 0 Å². The first-order chi connectivity index (χ1) is 27.8. The van der Waals surface area contributed by atoms with Crippen molar-refractivity contribution in [1.82, 2.24) is 19.1 Å². The van der Waals surface area contributed by atoms with Crippen LogP contribution < -0.4 is 0 Å². The molecule has 262 valence electrons. The summed E-state index contributed by atoms with van der Waals surface area (Å²) in [4.78, 5) is 10.5. The van der Waals surface area contributed by atoms with Crippen LogP contribution in [-0.4, -0.2) is 19.1 Å². The molecule has 0 aliphatic heterocycles. The van der Waals surface area contributed by atoms with Crippen LogP contribution in [0.15, 0.2) is 206 Å². The Balaban J connectivity index is 1.12. The standard InChI is InChI=1S/C52H34N4/c1-3-17-35(18-4-1)45-34-46(36-19-5-2-6-20-36)54-52(53-45)43-26-8-7-21-38(43)39-22-9-15-29-49(39)56-50-30-16-12-25-42(50)44-33-37(31-32-51(44)56)55-47-27-13-10-23-40(47)41-24-11-14-28-48(41)55/h1-34H. The molecule has 0 unspecified atom stereocenters. The Kier molecular flexibility index (Phi) is 7.46. The second-order valence-corrected chi connectivity index (χ2v) is 14.2. The fourth-order valence-electron chi connectivity index (χ4n) is 8.45. The molecule has 4 nitrogen and oxygen atoms in total. The molecule has 11 rings (SSSR count). The third-order valence-electron chi connectivity index (χ3n) is 11.0. The number of fused-ring (bicyclic) bond motifs is 6. The quantitative estimate of drug-likeness (QED) is 0.172. The van der Waals surface area contributed by atoms with Gasteiger partial charge in [0.15, 0.2) is 5.82 Å². The van der Waals surface area contributed by atoms with Gasteiger partial charge in [0.1, 0.15) is 0 Å². The van der Waals surface area contributed by atoms with Crippen molar-refractivity contribution in [3.05, 3.63) is 206 Å². The summed E-state index contributed by atoms with van der Waals surface area (Å²) in [7, 11) is 0. The highest BCUT2D eigenvalue weighted by atomic mass is 15.0. The minimum atomic E-state index is 0.689. The summed E-state index contributed by atoms with van der Waals surface area (Å²) in [6, 6.07) is 73.1. The van der Waals surface area contributed by atoms with Gasteiger partial charge in [-0.25, -0.2) is 9.97 Å². The maximum Gasteiger partial charge on any atom is 0.161 e. The lowest BCUT2D eigenvalue weighted by molar-refractivity contribution is 1.16. The van der Waals surface area contributed by atoms with Crippen LogP contribution in [0.5, 0.6) is 0 Å². The average Bonchev–Trinajstić information content (AvgIpc) is 3.79. The van der Waals surface area contributed by atoms with Crippen molar-refractivity contribution in [3.63, 3.8) is 0 Å². The molecule has 0 saturated carbocycles. The van der Waals surface area contributed by atoms with Crippen LogP contribution in [-0.2, 0) is 0 Å². The summed E-state index contributed by atoms with van der Waals surface area (Å²) >= 11 is 0. The molecule has 56 heavy (non-hydrogen) atoms. The van der Waals surface area contributed by atoms with E-state index in [4.69, 9.17) is 9.97 Å². The molecule has 0 aliphatic rings. The normalized spacial score (nSPS) is 11.6. The Morgan fingerprint density at radius 1 is 0.304 bits per heavy atom. The molecule has 11 aromatic rings. The van der Waals surface area contributed by atoms with Gasteiger partial charge in [0.25, 0.3) is 0 Å². The Morgan fingerprint density at radius 2 is 0.750 bits per heavy atom. The molecule has 0 fully saturated rings. The van der Waals surface area contributed by atoms with Crippen LogP contribution >= 0.6 is 0 Å². The zero-order chi connectivity index (χ0) is 37.0. The van der Waals surface area contributed by atoms with Crippen LogP contribution in [0, 0.1) is 0 Å². The Labute approximate surface area is 324 Å². The molecule has 4 heteroatoms. The molecule has 8 aromatic carbocycles. The number of rotatable bonds is 6. The molecular formula is C52H34N4. The van der Waals surface area contributed by atoms with Gasteiger partial charge in [0.2, 0.25) is 0 Å². The fourth-order valence-corrected chi connectivity index (χ4v) is 8.45. The lowest BCUT2D eigenvalue weighted by Gasteiger charge is -2.17. The molecule has 0 radical (unpaired) electrons. The van der Waals surface area contributed by atoms with E-state index in [-0.39, 0.29) is 0 Å². The summed E-state index contributed by atoms with van der Waals surface area (Å²) in [5.74, 6) is 0.689. The summed E-state index contributed by atoms with van der Waals surface area (Å²) in [6.45, 7) is 0. The van der Waals surface area contributed by atoms with Gasteiger partial charge in [-0.2, -0.15) is 0 Å². The van der Waals surface area contributed by atoms with Crippen molar-refractivity contribution >= 4 is 43.6 Å². The van der Waals surface area contributed by atoms with E-state index in [0.29, 0.717) is 5.82 Å². The number of hydrogen-bond donors (Lipinski definition) is 0. The predicted molar refractivity (Wildman–Crippen MR) is 232 cm³/mol. The third-order valence-corrected chi connectivity index (χ3v) is 11.0. The maximum atomic E-state index is 5.23. The van der Waals surface area contributed by atoms with Gasteiger partial charge < -0.3 is 9.13 Å². The first-order valence-electron chi connectivity index (χ1n) is 19.0. The molecule has 0 spiro atoms. The Hall–Kier alpha value is -7.56. The van der Waals surface area contributed by atoms with E-state index >= 15 is 0 Å². The smallest absolute Gasteiger partial charge is 0.161 e. The first-order valence-corrected chi connectivity index (χ1v) is 19.0. The van der Waals surface area contributed by atoms with E-state index in [0.717, 1.165) is 61.6 Å². The minimum Gasteiger partial charge on any atom is -0.309 e. The van der Waals surface area contributed by atoms with Crippen LogP contribution in [0.2, 0.25) is 0 Å². The lowest BCUT2D eigenvalue weighted by atomic mass is 9.96. The second-order valence-electron chi connectivity index (χ2n) is 14.2. The van der Waals surface area contributed by atoms with Gasteiger partial charge in [0.05, 0.1) is 39.1 Å². The van der Waals surface area contributed by atoms with Gasteiger partial charge in [0, 0.05) is 49.5 Å². The zero-order valence-electron chi connectivity index (χ0n) is 30.4. The van der Waals surface area contributed by atoms with E-state index in [1.54, 1.807) is 0 Å². The highest BCUT2D eigenvalue weighted by molar-refractivity contribution is 6.12. The van der Waals surface area contributed by atoms with Crippen LogP contribution in [0.1, 0.15) is 0 Å². The van der Waals surface area contributed by atoms with Crippen molar-refractivity contribution < 1.29 is 0 Å². The van der Waals surface area contributed by atoms with Crippen LogP contribution in [0.4, 0.5) is 0 Å². The number of para-hydroxylation sites is 4. The zero-order valence-corrected chi connectivity index (χ0v) is 30.4. The van der Waals surface area contributed by atoms with E-state index in [2.05, 4.69) is 203 Å². The number of nitrogens with zero attached hydrogens (tertiary/aromatic N) is 4. The minimum absolute atomic E-state index is 0.689. The summed E-state index contributed by atoms with van der Waals surface area (Å²) in [6.07, 6.45) is 0. The molecule has 0 bridgehead atoms. The molecule has 0 atom stereocenters. The topological polar surface area (TPSA) is 35.6 Å². The summed E-state index contributed by atoms with van der Waals surface area (Å²) in [5.41, 5.74) is 14.0. The molecule has 0 N–H and O–H groups in total. The summed E-state index contributed by atoms with van der Waals surface area (Å²) in [5, 5.41) is 4.92. The van der Waals surface area contributed by atoms with Gasteiger partial charge in [-0.15, -0.1) is 0 Å². The van der Waals surface area contributed by atoms with Crippen molar-refractivity contribution in [2.24, 2.45) is 0 Å². The van der Waals surface area contributed by atoms with E-state index in [9.17, 15) is 0 Å². The Morgan fingerprint density at radius 3 is 1.36 bits per heavy atom. The second kappa shape index (κ2) is 13.1. The van der Waals surface area contributed by atoms with Gasteiger partial charge >= 0.3 is 0 Å². The molecule has 0 saturated heterocycles. The largest absolute Gasteiger partial charge is 0.309 e. The predicted octanol–water partition coefficient (Wildman–Crippen LogP) is 13.3. The highest BCUT2D eigenvalue weighted by Gasteiger charge is 2.20. The summed E-state index contributed by atoms with van der Waals surface area (Å²) < 4.78 is 4.82. The SMILES string of the molecule is c1ccc(-c2cc(-c3ccccc3)nc(-c3ccccc3-c3ccccc3-n3c4ccccc4c4cc(-n5c6ccccc6c6ccccc65)ccc43)n2)cc1. The fraction of sp³-hybridized carbons (Fsp3) is 0. The highest BCUT2D eigenvalue weighted by Crippen LogP contribution is 2.41. The van der Waals surface area contributed by atoms with Gasteiger partial charge in [-0.05, 0) is 54.1 Å². The van der Waals surface area contributed by atoms with Crippen LogP contribution in [0.3, 0.4) is 0 Å². The molecular weight excluding hydrogens is 681 g/mol. The Bertz CT molecular complexity index is 3140.